The number of rotatable bonds is 19. The summed E-state index contributed by atoms with van der Waals surface area (Å²) in [6, 6.07) is 73.4. The lowest BCUT2D eigenvalue weighted by Crippen LogP contribution is -2.26. The summed E-state index contributed by atoms with van der Waals surface area (Å²) in [7, 11) is 0. The highest BCUT2D eigenvalue weighted by Crippen LogP contribution is 2.59. The minimum absolute atomic E-state index is 0.0689. The van der Waals surface area contributed by atoms with Crippen molar-refractivity contribution in [3.8, 4) is 33.4 Å². The molecule has 0 radical (unpaired) electrons. The van der Waals surface area contributed by atoms with Crippen LogP contribution in [-0.2, 0) is 10.8 Å². The SMILES string of the molecule is CCCCC1(CCCC)c2cc(-c3ccc4c(c3)C(CCCC)(CCCC)c3cc(N(c5ccccc5)c5ccccc5)ccc3-4)ccc2-c2ccc(N(c3ccccc3)c3ccccc3)cc21. The molecule has 0 bridgehead atoms. The lowest BCUT2D eigenvalue weighted by molar-refractivity contribution is 0.414. The Balaban J connectivity index is 1.10. The van der Waals surface area contributed by atoms with Gasteiger partial charge in [0.15, 0.2) is 0 Å². The van der Waals surface area contributed by atoms with E-state index < -0.39 is 0 Å². The van der Waals surface area contributed by atoms with Crippen molar-refractivity contribution in [3.63, 3.8) is 0 Å². The minimum Gasteiger partial charge on any atom is -0.310 e. The highest BCUT2D eigenvalue weighted by molar-refractivity contribution is 5.90. The van der Waals surface area contributed by atoms with Crippen molar-refractivity contribution < 1.29 is 0 Å². The summed E-state index contributed by atoms with van der Waals surface area (Å²) in [4.78, 5) is 4.88. The Kier molecular flexibility index (Phi) is 13.2. The molecule has 0 heterocycles. The van der Waals surface area contributed by atoms with Gasteiger partial charge in [-0.05, 0) is 166 Å². The number of benzene rings is 8. The van der Waals surface area contributed by atoms with Gasteiger partial charge >= 0.3 is 0 Å². The van der Waals surface area contributed by atoms with Gasteiger partial charge in [0.2, 0.25) is 0 Å². The molecule has 0 aromatic heterocycles. The molecule has 0 aliphatic heterocycles. The molecule has 8 aromatic rings. The van der Waals surface area contributed by atoms with Gasteiger partial charge in [0, 0.05) is 45.0 Å². The molecule has 0 N–H and O–H groups in total. The van der Waals surface area contributed by atoms with Gasteiger partial charge < -0.3 is 9.80 Å². The molecule has 2 aliphatic carbocycles. The van der Waals surface area contributed by atoms with Gasteiger partial charge in [-0.15, -0.1) is 0 Å². The van der Waals surface area contributed by atoms with Crippen molar-refractivity contribution in [2.75, 3.05) is 9.80 Å². The van der Waals surface area contributed by atoms with Crippen molar-refractivity contribution in [2.24, 2.45) is 0 Å². The van der Waals surface area contributed by atoms with Crippen molar-refractivity contribution >= 4 is 34.1 Å². The summed E-state index contributed by atoms with van der Waals surface area (Å²) in [5.74, 6) is 0. The van der Waals surface area contributed by atoms with E-state index in [1.807, 2.05) is 0 Å². The Hall–Kier alpha value is -6.64. The number of fused-ring (bicyclic) bond motifs is 6. The van der Waals surface area contributed by atoms with Crippen LogP contribution in [0.15, 0.2) is 194 Å². The van der Waals surface area contributed by atoms with Crippen LogP contribution in [0.3, 0.4) is 0 Å². The van der Waals surface area contributed by atoms with Gasteiger partial charge in [0.05, 0.1) is 0 Å². The van der Waals surface area contributed by atoms with Gasteiger partial charge in [-0.25, -0.2) is 0 Å². The van der Waals surface area contributed by atoms with E-state index in [0.717, 1.165) is 25.7 Å². The van der Waals surface area contributed by atoms with Gasteiger partial charge in [-0.2, -0.15) is 0 Å². The maximum absolute atomic E-state index is 2.63. The zero-order valence-electron chi connectivity index (χ0n) is 40.9. The van der Waals surface area contributed by atoms with Crippen LogP contribution in [0, 0.1) is 0 Å². The second-order valence-corrected chi connectivity index (χ2v) is 19.6. The summed E-state index contributed by atoms with van der Waals surface area (Å²) >= 11 is 0. The van der Waals surface area contributed by atoms with Crippen molar-refractivity contribution in [1.29, 1.82) is 0 Å². The van der Waals surface area contributed by atoms with E-state index in [1.54, 1.807) is 0 Å². The maximum atomic E-state index is 2.63. The molecule has 0 amide bonds. The molecule has 342 valence electrons. The number of hydrogen-bond donors (Lipinski definition) is 0. The first kappa shape index (κ1) is 45.2. The average Bonchev–Trinajstić information content (AvgIpc) is 3.82. The van der Waals surface area contributed by atoms with E-state index in [9.17, 15) is 0 Å². The second-order valence-electron chi connectivity index (χ2n) is 19.6. The molecule has 0 saturated heterocycles. The number of para-hydroxylation sites is 4. The first-order valence-electron chi connectivity index (χ1n) is 25.9. The van der Waals surface area contributed by atoms with Gasteiger partial charge in [0.25, 0.3) is 0 Å². The highest BCUT2D eigenvalue weighted by atomic mass is 15.1. The third kappa shape index (κ3) is 8.16. The lowest BCUT2D eigenvalue weighted by atomic mass is 9.69. The van der Waals surface area contributed by atoms with Crippen LogP contribution in [0.1, 0.15) is 127 Å². The first-order valence-corrected chi connectivity index (χ1v) is 25.9. The fourth-order valence-electron chi connectivity index (χ4n) is 12.0. The number of nitrogens with zero attached hydrogens (tertiary/aromatic N) is 2. The van der Waals surface area contributed by atoms with Gasteiger partial charge in [-0.1, -0.05) is 188 Å². The molecular formula is C66H68N2. The standard InChI is InChI=1S/C66H68N2/c1-5-9-41-65(42-10-6-2)61-45-49(33-37-57(61)59-39-35-55(47-63(59)65)67(51-25-17-13-18-26-51)52-27-19-14-20-28-52)50-34-38-58-60-40-36-56(68(53-29-21-15-22-30-53)54-31-23-16-24-32-54)48-64(60)66(43-11-7-3,44-12-8-4)62(58)46-50/h13-40,45-48H,5-12,41-44H2,1-4H3. The van der Waals surface area contributed by atoms with Crippen LogP contribution in [0.4, 0.5) is 34.1 Å². The molecule has 10 rings (SSSR count). The third-order valence-electron chi connectivity index (χ3n) is 15.4. The Morgan fingerprint density at radius 1 is 0.279 bits per heavy atom. The first-order chi connectivity index (χ1) is 33.5. The monoisotopic (exact) mass is 889 g/mol. The van der Waals surface area contributed by atoms with Gasteiger partial charge in [0.1, 0.15) is 0 Å². The average molecular weight is 889 g/mol. The quantitative estimate of drug-likeness (QED) is 0.0798. The van der Waals surface area contributed by atoms with Crippen LogP contribution < -0.4 is 9.80 Å². The largest absolute Gasteiger partial charge is 0.310 e. The van der Waals surface area contributed by atoms with E-state index in [0.29, 0.717) is 0 Å². The zero-order valence-corrected chi connectivity index (χ0v) is 40.9. The topological polar surface area (TPSA) is 6.48 Å². The van der Waals surface area contributed by atoms with Crippen LogP contribution >= 0.6 is 0 Å². The maximum Gasteiger partial charge on any atom is 0.0465 e. The summed E-state index contributed by atoms with van der Waals surface area (Å²) in [5.41, 5.74) is 21.4. The smallest absolute Gasteiger partial charge is 0.0465 e. The van der Waals surface area contributed by atoms with Crippen molar-refractivity contribution in [2.45, 2.75) is 116 Å². The summed E-state index contributed by atoms with van der Waals surface area (Å²) in [6.45, 7) is 9.44. The van der Waals surface area contributed by atoms with Crippen LogP contribution in [0.25, 0.3) is 33.4 Å². The van der Waals surface area contributed by atoms with E-state index in [4.69, 9.17) is 0 Å². The van der Waals surface area contributed by atoms with Crippen molar-refractivity contribution in [3.05, 3.63) is 216 Å². The number of unbranched alkanes of at least 4 members (excludes halogenated alkanes) is 4. The van der Waals surface area contributed by atoms with Crippen molar-refractivity contribution in [1.82, 2.24) is 0 Å². The molecule has 68 heavy (non-hydrogen) atoms. The molecule has 0 spiro atoms. The summed E-state index contributed by atoms with van der Waals surface area (Å²) in [6.07, 6.45) is 14.1. The van der Waals surface area contributed by atoms with E-state index in [1.165, 1.54) is 141 Å². The molecule has 0 atom stereocenters. The summed E-state index contributed by atoms with van der Waals surface area (Å²) < 4.78 is 0. The molecule has 0 saturated carbocycles. The fraction of sp³-hybridized carbons (Fsp3) is 0.273. The normalized spacial score (nSPS) is 13.6. The van der Waals surface area contributed by atoms with Crippen LogP contribution in [-0.4, -0.2) is 0 Å². The molecule has 0 unspecified atom stereocenters. The Labute approximate surface area is 407 Å². The van der Waals surface area contributed by atoms with E-state index in [2.05, 4.69) is 232 Å². The molecule has 2 heteroatoms. The van der Waals surface area contributed by atoms with Crippen LogP contribution in [0.2, 0.25) is 0 Å². The third-order valence-corrected chi connectivity index (χ3v) is 15.4. The Bertz CT molecular complexity index is 2650. The molecule has 8 aromatic carbocycles. The lowest BCUT2D eigenvalue weighted by Gasteiger charge is -2.34. The molecule has 2 aliphatic rings. The predicted octanol–water partition coefficient (Wildman–Crippen LogP) is 19.6. The zero-order chi connectivity index (χ0) is 46.5. The van der Waals surface area contributed by atoms with Gasteiger partial charge in [-0.3, -0.25) is 0 Å². The van der Waals surface area contributed by atoms with Crippen LogP contribution in [0.5, 0.6) is 0 Å². The Morgan fingerprint density at radius 2 is 0.544 bits per heavy atom. The predicted molar refractivity (Wildman–Crippen MR) is 292 cm³/mol. The molecule has 0 fully saturated rings. The number of anilines is 6. The number of hydrogen-bond acceptors (Lipinski definition) is 2. The molecular weight excluding hydrogens is 821 g/mol. The van der Waals surface area contributed by atoms with E-state index in [-0.39, 0.29) is 10.8 Å². The minimum atomic E-state index is -0.0689. The second kappa shape index (κ2) is 19.9. The Morgan fingerprint density at radius 3 is 0.824 bits per heavy atom. The van der Waals surface area contributed by atoms with E-state index >= 15 is 0 Å². The summed E-state index contributed by atoms with van der Waals surface area (Å²) in [5, 5.41) is 0. The molecule has 2 nitrogen and oxygen atoms in total. The highest BCUT2D eigenvalue weighted by Gasteiger charge is 2.45. The fourth-order valence-corrected chi connectivity index (χ4v) is 12.0.